The van der Waals surface area contributed by atoms with Gasteiger partial charge in [-0.1, -0.05) is 24.3 Å². The standard InChI is InChI=1S/C28H28N4O2/c1-19-11-13-31(21(3)15-19)17-27(33)29-25-9-5-8-24-23(25)7-6-10-26(24)30-28(34)18-32-14-12-20(2)16-22(32)4/h5-16H,17-18H2,1-4H3/p+2. The van der Waals surface area contributed by atoms with E-state index < -0.39 is 0 Å². The van der Waals surface area contributed by atoms with Gasteiger partial charge < -0.3 is 10.6 Å². The summed E-state index contributed by atoms with van der Waals surface area (Å²) in [6.07, 6.45) is 3.85. The van der Waals surface area contributed by atoms with Gasteiger partial charge >= 0.3 is 0 Å². The van der Waals surface area contributed by atoms with Gasteiger partial charge in [-0.05, 0) is 37.1 Å². The first-order valence-electron chi connectivity index (χ1n) is 11.3. The van der Waals surface area contributed by atoms with Crippen LogP contribution < -0.4 is 19.8 Å². The highest BCUT2D eigenvalue weighted by atomic mass is 16.2. The van der Waals surface area contributed by atoms with Crippen molar-refractivity contribution in [2.75, 3.05) is 10.6 Å². The van der Waals surface area contributed by atoms with E-state index in [9.17, 15) is 9.59 Å². The molecule has 0 unspecified atom stereocenters. The van der Waals surface area contributed by atoms with Gasteiger partial charge in [-0.3, -0.25) is 9.59 Å². The van der Waals surface area contributed by atoms with Crippen molar-refractivity contribution < 1.29 is 18.7 Å². The molecule has 2 N–H and O–H groups in total. The molecule has 6 heteroatoms. The number of hydrogen-bond donors (Lipinski definition) is 2. The lowest BCUT2D eigenvalue weighted by Gasteiger charge is -2.12. The highest BCUT2D eigenvalue weighted by molar-refractivity contribution is 6.08. The normalized spacial score (nSPS) is 10.8. The maximum absolute atomic E-state index is 12.8. The van der Waals surface area contributed by atoms with Crippen LogP contribution in [0.25, 0.3) is 10.8 Å². The zero-order chi connectivity index (χ0) is 24.2. The first kappa shape index (κ1) is 23.1. The van der Waals surface area contributed by atoms with Gasteiger partial charge in [-0.2, -0.15) is 9.13 Å². The third-order valence-electron chi connectivity index (χ3n) is 5.91. The van der Waals surface area contributed by atoms with E-state index in [0.29, 0.717) is 11.4 Å². The first-order chi connectivity index (χ1) is 16.3. The maximum atomic E-state index is 12.8. The molecule has 4 aromatic rings. The summed E-state index contributed by atoms with van der Waals surface area (Å²) in [5.74, 6) is -0.213. The van der Waals surface area contributed by atoms with Crippen LogP contribution in [0.3, 0.4) is 0 Å². The fraction of sp³-hybridized carbons (Fsp3) is 0.214. The number of aromatic nitrogens is 2. The first-order valence-corrected chi connectivity index (χ1v) is 11.3. The van der Waals surface area contributed by atoms with E-state index in [1.807, 2.05) is 97.8 Å². The summed E-state index contributed by atoms with van der Waals surface area (Å²) in [6.45, 7) is 8.50. The molecule has 0 atom stereocenters. The van der Waals surface area contributed by atoms with Crippen LogP contribution >= 0.6 is 0 Å². The minimum Gasteiger partial charge on any atom is -0.320 e. The second-order valence-corrected chi connectivity index (χ2v) is 8.75. The van der Waals surface area contributed by atoms with Crippen LogP contribution in [0, 0.1) is 27.7 Å². The van der Waals surface area contributed by atoms with Crippen LogP contribution in [-0.2, 0) is 22.7 Å². The molecule has 0 aliphatic rings. The van der Waals surface area contributed by atoms with Crippen molar-refractivity contribution in [1.29, 1.82) is 0 Å². The summed E-state index contributed by atoms with van der Waals surface area (Å²) in [4.78, 5) is 25.6. The Morgan fingerprint density at radius 2 is 1.06 bits per heavy atom. The minimum absolute atomic E-state index is 0.106. The van der Waals surface area contributed by atoms with Crippen LogP contribution in [-0.4, -0.2) is 11.8 Å². The Kier molecular flexibility index (Phi) is 6.68. The number of rotatable bonds is 6. The van der Waals surface area contributed by atoms with E-state index in [1.54, 1.807) is 0 Å². The predicted octanol–water partition coefficient (Wildman–Crippen LogP) is 3.93. The lowest BCUT2D eigenvalue weighted by molar-refractivity contribution is -0.690. The topological polar surface area (TPSA) is 66.0 Å². The molecule has 0 fully saturated rings. The lowest BCUT2D eigenvalue weighted by atomic mass is 10.1. The van der Waals surface area contributed by atoms with Crippen molar-refractivity contribution >= 4 is 34.0 Å². The molecular formula is C28H30N4O2+2. The summed E-state index contributed by atoms with van der Waals surface area (Å²) < 4.78 is 3.84. The van der Waals surface area contributed by atoms with E-state index in [0.717, 1.165) is 33.3 Å². The molecule has 2 aromatic carbocycles. The number of nitrogens with zero attached hydrogens (tertiary/aromatic N) is 2. The minimum atomic E-state index is -0.106. The van der Waals surface area contributed by atoms with Gasteiger partial charge in [0.05, 0.1) is 0 Å². The lowest BCUT2D eigenvalue weighted by Crippen LogP contribution is -2.42. The second kappa shape index (κ2) is 9.83. The average molecular weight is 455 g/mol. The molecule has 0 spiro atoms. The van der Waals surface area contributed by atoms with Crippen molar-refractivity contribution in [2.24, 2.45) is 0 Å². The number of carbonyl (C=O) groups excluding carboxylic acids is 2. The highest BCUT2D eigenvalue weighted by Gasteiger charge is 2.16. The van der Waals surface area contributed by atoms with Gasteiger partial charge in [0.1, 0.15) is 0 Å². The predicted molar refractivity (Wildman–Crippen MR) is 133 cm³/mol. The molecule has 34 heavy (non-hydrogen) atoms. The number of carbonyl (C=O) groups is 2. The Morgan fingerprint density at radius 1 is 0.647 bits per heavy atom. The number of fused-ring (bicyclic) bond motifs is 1. The Hall–Kier alpha value is -4.06. The number of benzene rings is 2. The summed E-state index contributed by atoms with van der Waals surface area (Å²) in [5, 5.41) is 7.81. The zero-order valence-electron chi connectivity index (χ0n) is 20.1. The molecule has 172 valence electrons. The van der Waals surface area contributed by atoms with Crippen LogP contribution in [0.2, 0.25) is 0 Å². The molecule has 2 heterocycles. The number of pyridine rings is 2. The van der Waals surface area contributed by atoms with Gasteiger partial charge in [0, 0.05) is 60.3 Å². The number of amides is 2. The summed E-state index contributed by atoms with van der Waals surface area (Å²) >= 11 is 0. The molecule has 6 nitrogen and oxygen atoms in total. The van der Waals surface area contributed by atoms with Crippen LogP contribution in [0.15, 0.2) is 73.1 Å². The molecule has 0 saturated carbocycles. The van der Waals surface area contributed by atoms with Crippen LogP contribution in [0.1, 0.15) is 22.5 Å². The third kappa shape index (κ3) is 5.29. The summed E-state index contributed by atoms with van der Waals surface area (Å²) in [5.41, 5.74) is 5.81. The molecule has 4 rings (SSSR count). The van der Waals surface area contributed by atoms with Gasteiger partial charge in [0.25, 0.3) is 11.8 Å². The Labute approximate surface area is 199 Å². The van der Waals surface area contributed by atoms with Crippen LogP contribution in [0.5, 0.6) is 0 Å². The number of aryl methyl sites for hydroxylation is 4. The summed E-state index contributed by atoms with van der Waals surface area (Å²) in [6, 6.07) is 19.5. The Balaban J connectivity index is 1.52. The summed E-state index contributed by atoms with van der Waals surface area (Å²) in [7, 11) is 0. The van der Waals surface area contributed by atoms with Gasteiger partial charge in [-0.25, -0.2) is 0 Å². The average Bonchev–Trinajstić information content (AvgIpc) is 2.78. The Bertz CT molecular complexity index is 1290. The fourth-order valence-corrected chi connectivity index (χ4v) is 4.14. The largest absolute Gasteiger partial charge is 0.320 e. The van der Waals surface area contributed by atoms with Crippen molar-refractivity contribution in [3.8, 4) is 0 Å². The molecule has 0 bridgehead atoms. The highest BCUT2D eigenvalue weighted by Crippen LogP contribution is 2.29. The monoisotopic (exact) mass is 454 g/mol. The number of hydrogen-bond acceptors (Lipinski definition) is 2. The quantitative estimate of drug-likeness (QED) is 0.434. The van der Waals surface area contributed by atoms with Gasteiger partial charge in [0.15, 0.2) is 23.8 Å². The van der Waals surface area contributed by atoms with Gasteiger partial charge in [0.2, 0.25) is 13.1 Å². The smallest absolute Gasteiger partial charge is 0.290 e. The third-order valence-corrected chi connectivity index (χ3v) is 5.91. The van der Waals surface area contributed by atoms with Crippen molar-refractivity contribution in [1.82, 2.24) is 0 Å². The van der Waals surface area contributed by atoms with E-state index in [4.69, 9.17) is 0 Å². The molecule has 2 amide bonds. The van der Waals surface area contributed by atoms with Crippen molar-refractivity contribution in [3.63, 3.8) is 0 Å². The van der Waals surface area contributed by atoms with E-state index in [2.05, 4.69) is 22.8 Å². The van der Waals surface area contributed by atoms with Gasteiger partial charge in [-0.15, -0.1) is 0 Å². The number of nitrogens with one attached hydrogen (secondary N) is 2. The van der Waals surface area contributed by atoms with Crippen LogP contribution in [0.4, 0.5) is 11.4 Å². The molecule has 0 aliphatic carbocycles. The Morgan fingerprint density at radius 3 is 1.44 bits per heavy atom. The zero-order valence-corrected chi connectivity index (χ0v) is 20.1. The number of anilines is 2. The molecule has 0 radical (unpaired) electrons. The van der Waals surface area contributed by atoms with Crippen molar-refractivity contribution in [2.45, 2.75) is 40.8 Å². The SMILES string of the molecule is Cc1cc[n+](CC(=O)Nc2cccc3c(NC(=O)C[n+]4ccc(C)cc4C)cccc23)c(C)c1. The van der Waals surface area contributed by atoms with Crippen molar-refractivity contribution in [3.05, 3.63) is 95.6 Å². The molecule has 2 aromatic heterocycles. The van der Waals surface area contributed by atoms with E-state index in [1.165, 1.54) is 0 Å². The van der Waals surface area contributed by atoms with E-state index >= 15 is 0 Å². The molecule has 0 saturated heterocycles. The molecular weight excluding hydrogens is 424 g/mol. The fourth-order valence-electron chi connectivity index (χ4n) is 4.14. The second-order valence-electron chi connectivity index (χ2n) is 8.75. The molecule has 0 aliphatic heterocycles. The van der Waals surface area contributed by atoms with E-state index in [-0.39, 0.29) is 24.9 Å². The maximum Gasteiger partial charge on any atom is 0.290 e.